The number of rotatable bonds is 1. The van der Waals surface area contributed by atoms with Gasteiger partial charge in [-0.3, -0.25) is 0 Å². The van der Waals surface area contributed by atoms with E-state index < -0.39 is 4.84 Å². The monoisotopic (exact) mass is 375 g/mol. The second kappa shape index (κ2) is 7.60. The van der Waals surface area contributed by atoms with Gasteiger partial charge in [-0.15, -0.1) is 23.2 Å². The standard InChI is InChI=1S/C7H6Cl2.ClH.Hf/c8-7(9)6-4-2-1-3-5-6;;/h1-5,7H;1H;/q;;+1/p-1. The molecule has 0 aliphatic carbocycles. The van der Waals surface area contributed by atoms with Crippen molar-refractivity contribution in [3.05, 3.63) is 35.9 Å². The van der Waals surface area contributed by atoms with Crippen molar-refractivity contribution in [3.8, 4) is 0 Å². The van der Waals surface area contributed by atoms with E-state index in [0.717, 1.165) is 28.8 Å². The van der Waals surface area contributed by atoms with Gasteiger partial charge >= 0.3 is 31.8 Å². The summed E-state index contributed by atoms with van der Waals surface area (Å²) in [5.41, 5.74) is 0.945. The average molecular weight is 375 g/mol. The van der Waals surface area contributed by atoms with Gasteiger partial charge in [0.05, 0.1) is 0 Å². The van der Waals surface area contributed by atoms with Gasteiger partial charge in [-0.25, -0.2) is 0 Å². The maximum absolute atomic E-state index is 5.57. The van der Waals surface area contributed by atoms with E-state index in [0.29, 0.717) is 0 Å². The fourth-order valence-electron chi connectivity index (χ4n) is 0.599. The molecule has 0 amide bonds. The van der Waals surface area contributed by atoms with Crippen LogP contribution in [0.15, 0.2) is 30.3 Å². The molecule has 0 fully saturated rings. The zero-order valence-corrected chi connectivity index (χ0v) is 11.5. The zero-order chi connectivity index (χ0) is 8.69. The van der Waals surface area contributed by atoms with E-state index in [1.165, 1.54) is 0 Å². The third kappa shape index (κ3) is 5.24. The Morgan fingerprint density at radius 3 is 1.73 bits per heavy atom. The number of hydrogen-bond donors (Lipinski definition) is 0. The third-order valence-electron chi connectivity index (χ3n) is 1.05. The van der Waals surface area contributed by atoms with Crippen LogP contribution in [0.3, 0.4) is 0 Å². The average Bonchev–Trinajstić information content (AvgIpc) is 2.10. The Bertz CT molecular complexity index is 176. The van der Waals surface area contributed by atoms with Gasteiger partial charge in [-0.1, -0.05) is 30.3 Å². The van der Waals surface area contributed by atoms with E-state index in [-0.39, 0.29) is 0 Å². The van der Waals surface area contributed by atoms with Gasteiger partial charge in [-0.05, 0) is 5.56 Å². The van der Waals surface area contributed by atoms with Crippen molar-refractivity contribution >= 4 is 31.8 Å². The molecule has 0 saturated carbocycles. The topological polar surface area (TPSA) is 0 Å². The van der Waals surface area contributed by atoms with Crippen LogP contribution in [0.5, 0.6) is 0 Å². The van der Waals surface area contributed by atoms with Crippen molar-refractivity contribution in [1.29, 1.82) is 0 Å². The van der Waals surface area contributed by atoms with E-state index in [1.807, 2.05) is 30.3 Å². The van der Waals surface area contributed by atoms with Crippen LogP contribution < -0.4 is 0 Å². The molecule has 0 spiro atoms. The van der Waals surface area contributed by atoms with Gasteiger partial charge in [0.2, 0.25) is 0 Å². The van der Waals surface area contributed by atoms with Crippen LogP contribution in [0.25, 0.3) is 0 Å². The Morgan fingerprint density at radius 1 is 1.00 bits per heavy atom. The van der Waals surface area contributed by atoms with Gasteiger partial charge in [0.25, 0.3) is 0 Å². The molecule has 4 heteroatoms. The summed E-state index contributed by atoms with van der Waals surface area (Å²) in [5.74, 6) is 0. The predicted molar refractivity (Wildman–Crippen MR) is 46.7 cm³/mol. The van der Waals surface area contributed by atoms with Crippen LogP contribution >= 0.6 is 31.8 Å². The van der Waals surface area contributed by atoms with Gasteiger partial charge in [0.15, 0.2) is 0 Å². The van der Waals surface area contributed by atoms with Crippen molar-refractivity contribution < 1.29 is 23.2 Å². The molecule has 0 nitrogen and oxygen atoms in total. The van der Waals surface area contributed by atoms with E-state index in [4.69, 9.17) is 31.8 Å². The van der Waals surface area contributed by atoms with Crippen LogP contribution in [-0.4, -0.2) is 0 Å². The Balaban J connectivity index is 0.000000461. The summed E-state index contributed by atoms with van der Waals surface area (Å²) in [6, 6.07) is 9.54. The molecular formula is C7H6Cl3Hf. The van der Waals surface area contributed by atoms with Gasteiger partial charge < -0.3 is 0 Å². The molecule has 1 rings (SSSR count). The number of hydrogen-bond acceptors (Lipinski definition) is 0. The Hall–Kier alpha value is 0.960. The molecule has 0 radical (unpaired) electrons. The van der Waals surface area contributed by atoms with Crippen LogP contribution in [0.1, 0.15) is 10.4 Å². The summed E-state index contributed by atoms with van der Waals surface area (Å²) in [6.07, 6.45) is 0. The molecule has 0 aliphatic heterocycles. The third-order valence-corrected chi connectivity index (χ3v) is 1.56. The molecule has 0 unspecified atom stereocenters. The van der Waals surface area contributed by atoms with E-state index >= 15 is 0 Å². The Kier molecular flexibility index (Phi) is 8.26. The second-order valence-electron chi connectivity index (χ2n) is 1.71. The molecule has 0 bridgehead atoms. The molecule has 0 saturated heterocycles. The first-order valence-corrected chi connectivity index (χ1v) is 8.15. The molecule has 0 N–H and O–H groups in total. The summed E-state index contributed by atoms with van der Waals surface area (Å²) in [5, 5.41) is 0. The van der Waals surface area contributed by atoms with Gasteiger partial charge in [0.1, 0.15) is 4.84 Å². The summed E-state index contributed by atoms with van der Waals surface area (Å²) in [7, 11) is 4.78. The minimum absolute atomic E-state index is 0.397. The van der Waals surface area contributed by atoms with Crippen LogP contribution in [0, 0.1) is 0 Å². The molecule has 0 aliphatic rings. The zero-order valence-electron chi connectivity index (χ0n) is 5.60. The molecule has 0 atom stereocenters. The molecule has 1 aromatic rings. The molecule has 1 aromatic carbocycles. The molecule has 0 aromatic heterocycles. The summed E-state index contributed by atoms with van der Waals surface area (Å²) in [4.78, 5) is -0.397. The van der Waals surface area contributed by atoms with Crippen molar-refractivity contribution in [2.75, 3.05) is 0 Å². The first-order chi connectivity index (χ1) is 5.30. The quantitative estimate of drug-likeness (QED) is 0.517. The molecule has 11 heavy (non-hydrogen) atoms. The van der Waals surface area contributed by atoms with E-state index in [1.54, 1.807) is 0 Å². The fraction of sp³-hybridized carbons (Fsp3) is 0.143. The minimum atomic E-state index is -0.397. The van der Waals surface area contributed by atoms with Gasteiger partial charge in [-0.2, -0.15) is 0 Å². The van der Waals surface area contributed by atoms with Crippen molar-refractivity contribution in [2.45, 2.75) is 4.84 Å². The predicted octanol–water partition coefficient (Wildman–Crippen LogP) is 3.85. The van der Waals surface area contributed by atoms with Crippen LogP contribution in [0.4, 0.5) is 0 Å². The second-order valence-corrected chi connectivity index (χ2v) is 2.81. The van der Waals surface area contributed by atoms with Crippen LogP contribution in [-0.2, 0) is 23.2 Å². The van der Waals surface area contributed by atoms with Crippen molar-refractivity contribution in [2.24, 2.45) is 0 Å². The Labute approximate surface area is 95.0 Å². The molecule has 59 valence electrons. The molecule has 0 heterocycles. The summed E-state index contributed by atoms with van der Waals surface area (Å²) < 4.78 is 0. The summed E-state index contributed by atoms with van der Waals surface area (Å²) >= 11 is 11.9. The first-order valence-electron chi connectivity index (χ1n) is 2.82. The van der Waals surface area contributed by atoms with Gasteiger partial charge in [0, 0.05) is 0 Å². The van der Waals surface area contributed by atoms with Crippen LogP contribution in [0.2, 0.25) is 0 Å². The number of halogens is 3. The normalized spacial score (nSPS) is 8.64. The maximum atomic E-state index is 5.57. The summed E-state index contributed by atoms with van der Waals surface area (Å²) in [6.45, 7) is 0. The molecular weight excluding hydrogens is 369 g/mol. The number of alkyl halides is 2. The van der Waals surface area contributed by atoms with Crippen molar-refractivity contribution in [3.63, 3.8) is 0 Å². The van der Waals surface area contributed by atoms with E-state index in [2.05, 4.69) is 0 Å². The first kappa shape index (κ1) is 12.0. The SMILES string of the molecule is ClC(Cl)c1ccccc1.[Cl][Hf]. The Morgan fingerprint density at radius 2 is 1.45 bits per heavy atom. The van der Waals surface area contributed by atoms with E-state index in [9.17, 15) is 0 Å². The van der Waals surface area contributed by atoms with Crippen molar-refractivity contribution in [1.82, 2.24) is 0 Å². The fourth-order valence-corrected chi connectivity index (χ4v) is 0.889. The number of benzene rings is 1.